The van der Waals surface area contributed by atoms with Crippen LogP contribution in [-0.2, 0) is 0 Å². The van der Waals surface area contributed by atoms with Gasteiger partial charge in [0.05, 0.1) is 26.6 Å². The Morgan fingerprint density at radius 2 is 1.62 bits per heavy atom. The maximum absolute atomic E-state index is 6.03. The lowest BCUT2D eigenvalue weighted by Gasteiger charge is -1.99. The van der Waals surface area contributed by atoms with E-state index in [2.05, 4.69) is 15.0 Å². The molecule has 3 nitrogen and oxygen atoms in total. The summed E-state index contributed by atoms with van der Waals surface area (Å²) < 4.78 is 0. The van der Waals surface area contributed by atoms with Gasteiger partial charge in [-0.05, 0) is 24.3 Å². The number of fused-ring (bicyclic) bond motifs is 2. The summed E-state index contributed by atoms with van der Waals surface area (Å²) in [6.45, 7) is 0. The number of aromatic amines is 1. The lowest BCUT2D eigenvalue weighted by atomic mass is 10.2. The smallest absolute Gasteiger partial charge is 0.157 e. The third kappa shape index (κ3) is 2.15. The number of halogens is 2. The van der Waals surface area contributed by atoms with Crippen molar-refractivity contribution in [3.8, 4) is 11.5 Å². The molecule has 0 saturated carbocycles. The molecule has 4 rings (SSSR count). The third-order valence-electron chi connectivity index (χ3n) is 3.36. The van der Waals surface area contributed by atoms with Gasteiger partial charge in [0.25, 0.3) is 0 Å². The van der Waals surface area contributed by atoms with Crippen LogP contribution in [0.1, 0.15) is 0 Å². The molecule has 0 aliphatic heterocycles. The summed E-state index contributed by atoms with van der Waals surface area (Å²) in [6, 6.07) is 15.5. The minimum Gasteiger partial charge on any atom is -0.337 e. The molecule has 21 heavy (non-hydrogen) atoms. The quantitative estimate of drug-likeness (QED) is 0.532. The van der Waals surface area contributed by atoms with E-state index in [9.17, 15) is 0 Å². The van der Waals surface area contributed by atoms with Crippen LogP contribution in [0, 0.1) is 0 Å². The fraction of sp³-hybridized carbons (Fsp3) is 0. The molecule has 0 fully saturated rings. The van der Waals surface area contributed by atoms with Crippen molar-refractivity contribution in [1.29, 1.82) is 0 Å². The SMILES string of the molecule is Clc1cc2nc(-c3ccc4ccccc4n3)[nH]c2cc1Cl. The Morgan fingerprint density at radius 3 is 2.52 bits per heavy atom. The Morgan fingerprint density at radius 1 is 0.810 bits per heavy atom. The Bertz CT molecular complexity index is 937. The summed E-state index contributed by atoms with van der Waals surface area (Å²) in [6.07, 6.45) is 0. The molecule has 0 bridgehead atoms. The maximum atomic E-state index is 6.03. The van der Waals surface area contributed by atoms with E-state index in [1.807, 2.05) is 36.4 Å². The number of nitrogens with one attached hydrogen (secondary N) is 1. The molecule has 2 heterocycles. The molecule has 102 valence electrons. The van der Waals surface area contributed by atoms with E-state index in [0.29, 0.717) is 15.9 Å². The normalized spacial score (nSPS) is 11.3. The van der Waals surface area contributed by atoms with E-state index in [-0.39, 0.29) is 0 Å². The molecule has 0 amide bonds. The molecule has 0 radical (unpaired) electrons. The summed E-state index contributed by atoms with van der Waals surface area (Å²) >= 11 is 12.0. The molecule has 0 spiro atoms. The van der Waals surface area contributed by atoms with Gasteiger partial charge >= 0.3 is 0 Å². The van der Waals surface area contributed by atoms with E-state index >= 15 is 0 Å². The zero-order valence-electron chi connectivity index (χ0n) is 10.8. The Labute approximate surface area is 130 Å². The second-order valence-electron chi connectivity index (χ2n) is 4.76. The van der Waals surface area contributed by atoms with Crippen LogP contribution in [0.4, 0.5) is 0 Å². The first-order valence-corrected chi connectivity index (χ1v) is 7.17. The van der Waals surface area contributed by atoms with Gasteiger partial charge < -0.3 is 4.98 Å². The van der Waals surface area contributed by atoms with Crippen LogP contribution in [-0.4, -0.2) is 15.0 Å². The molecule has 0 aliphatic rings. The summed E-state index contributed by atoms with van der Waals surface area (Å²) in [5, 5.41) is 2.10. The molecule has 0 saturated heterocycles. The van der Waals surface area contributed by atoms with E-state index in [1.54, 1.807) is 12.1 Å². The number of H-pyrrole nitrogens is 1. The van der Waals surface area contributed by atoms with Crippen molar-refractivity contribution >= 4 is 45.1 Å². The predicted molar refractivity (Wildman–Crippen MR) is 86.9 cm³/mol. The van der Waals surface area contributed by atoms with Crippen molar-refractivity contribution in [1.82, 2.24) is 15.0 Å². The number of rotatable bonds is 1. The Balaban J connectivity index is 1.91. The molecule has 0 atom stereocenters. The van der Waals surface area contributed by atoms with Crippen molar-refractivity contribution in [2.45, 2.75) is 0 Å². The average Bonchev–Trinajstić information content (AvgIpc) is 2.90. The van der Waals surface area contributed by atoms with E-state index in [1.165, 1.54) is 0 Å². The number of nitrogens with zero attached hydrogens (tertiary/aromatic N) is 2. The number of hydrogen-bond acceptors (Lipinski definition) is 2. The summed E-state index contributed by atoms with van der Waals surface area (Å²) in [5.41, 5.74) is 3.34. The zero-order chi connectivity index (χ0) is 14.4. The molecule has 0 aliphatic carbocycles. The van der Waals surface area contributed by atoms with Crippen molar-refractivity contribution in [2.75, 3.05) is 0 Å². The summed E-state index contributed by atoms with van der Waals surface area (Å²) in [5.74, 6) is 0.703. The first kappa shape index (κ1) is 12.6. The second-order valence-corrected chi connectivity index (χ2v) is 5.57. The highest BCUT2D eigenvalue weighted by Gasteiger charge is 2.09. The molecule has 0 unspecified atom stereocenters. The minimum atomic E-state index is 0.494. The lowest BCUT2D eigenvalue weighted by Crippen LogP contribution is -1.86. The van der Waals surface area contributed by atoms with Crippen LogP contribution < -0.4 is 0 Å². The van der Waals surface area contributed by atoms with Gasteiger partial charge in [-0.15, -0.1) is 0 Å². The van der Waals surface area contributed by atoms with Crippen LogP contribution in [0.2, 0.25) is 10.0 Å². The molecular formula is C16H9Cl2N3. The van der Waals surface area contributed by atoms with Gasteiger partial charge in [-0.1, -0.05) is 47.5 Å². The van der Waals surface area contributed by atoms with Gasteiger partial charge in [-0.2, -0.15) is 0 Å². The van der Waals surface area contributed by atoms with Crippen molar-refractivity contribution in [3.63, 3.8) is 0 Å². The van der Waals surface area contributed by atoms with Gasteiger partial charge in [0.1, 0.15) is 5.69 Å². The van der Waals surface area contributed by atoms with Gasteiger partial charge in [0.2, 0.25) is 0 Å². The van der Waals surface area contributed by atoms with Crippen molar-refractivity contribution in [2.24, 2.45) is 0 Å². The predicted octanol–water partition coefficient (Wildman–Crippen LogP) is 5.08. The monoisotopic (exact) mass is 313 g/mol. The highest BCUT2D eigenvalue weighted by molar-refractivity contribution is 6.42. The van der Waals surface area contributed by atoms with Crippen LogP contribution in [0.5, 0.6) is 0 Å². The molecule has 4 aromatic rings. The lowest BCUT2D eigenvalue weighted by molar-refractivity contribution is 1.27. The highest BCUT2D eigenvalue weighted by atomic mass is 35.5. The van der Waals surface area contributed by atoms with E-state index in [4.69, 9.17) is 23.2 Å². The van der Waals surface area contributed by atoms with Crippen molar-refractivity contribution < 1.29 is 0 Å². The van der Waals surface area contributed by atoms with Gasteiger partial charge in [-0.25, -0.2) is 9.97 Å². The van der Waals surface area contributed by atoms with E-state index < -0.39 is 0 Å². The van der Waals surface area contributed by atoms with Crippen LogP contribution in [0.15, 0.2) is 48.5 Å². The van der Waals surface area contributed by atoms with Crippen molar-refractivity contribution in [3.05, 3.63) is 58.6 Å². The fourth-order valence-electron chi connectivity index (χ4n) is 2.32. The molecule has 2 aromatic heterocycles. The number of para-hydroxylation sites is 1. The van der Waals surface area contributed by atoms with Crippen LogP contribution >= 0.6 is 23.2 Å². The van der Waals surface area contributed by atoms with Crippen LogP contribution in [0.25, 0.3) is 33.5 Å². The zero-order valence-corrected chi connectivity index (χ0v) is 12.3. The fourth-order valence-corrected chi connectivity index (χ4v) is 2.65. The Kier molecular flexibility index (Phi) is 2.84. The largest absolute Gasteiger partial charge is 0.337 e. The Hall–Kier alpha value is -2.10. The molecule has 5 heteroatoms. The summed E-state index contributed by atoms with van der Waals surface area (Å²) in [7, 11) is 0. The minimum absolute atomic E-state index is 0.494. The first-order chi connectivity index (χ1) is 10.2. The van der Waals surface area contributed by atoms with Gasteiger partial charge in [0, 0.05) is 5.39 Å². The number of hydrogen-bond donors (Lipinski definition) is 1. The number of pyridine rings is 1. The third-order valence-corrected chi connectivity index (χ3v) is 4.09. The number of aromatic nitrogens is 3. The number of imidazole rings is 1. The maximum Gasteiger partial charge on any atom is 0.157 e. The van der Waals surface area contributed by atoms with Gasteiger partial charge in [-0.3, -0.25) is 0 Å². The van der Waals surface area contributed by atoms with Gasteiger partial charge in [0.15, 0.2) is 5.82 Å². The first-order valence-electron chi connectivity index (χ1n) is 6.42. The number of benzene rings is 2. The van der Waals surface area contributed by atoms with Crippen LogP contribution in [0.3, 0.4) is 0 Å². The molecular weight excluding hydrogens is 305 g/mol. The van der Waals surface area contributed by atoms with E-state index in [0.717, 1.165) is 27.6 Å². The average molecular weight is 314 g/mol. The molecule has 1 N–H and O–H groups in total. The topological polar surface area (TPSA) is 41.6 Å². The standard InChI is InChI=1S/C16H9Cl2N3/c17-10-7-14-15(8-11(10)18)21-16(20-14)13-6-5-9-3-1-2-4-12(9)19-13/h1-8H,(H,20,21). The second kappa shape index (κ2) is 4.72. The highest BCUT2D eigenvalue weighted by Crippen LogP contribution is 2.28. The summed E-state index contributed by atoms with van der Waals surface area (Å²) in [4.78, 5) is 12.4. The molecule has 2 aromatic carbocycles.